The molecule has 0 aliphatic carbocycles. The molecule has 3 aromatic carbocycles. The minimum Gasteiger partial charge on any atom is -0.490 e. The lowest BCUT2D eigenvalue weighted by Crippen LogP contribution is -2.17. The zero-order valence-electron chi connectivity index (χ0n) is 18.6. The maximum absolute atomic E-state index is 13.7. The third kappa shape index (κ3) is 6.83. The van der Waals surface area contributed by atoms with Crippen LogP contribution in [-0.4, -0.2) is 25.3 Å². The molecule has 0 heterocycles. The first-order chi connectivity index (χ1) is 16.5. The highest BCUT2D eigenvalue weighted by molar-refractivity contribution is 6.32. The number of carbonyl (C=O) groups excluding carboxylic acids is 1. The van der Waals surface area contributed by atoms with Crippen molar-refractivity contribution in [3.05, 3.63) is 101 Å². The first kappa shape index (κ1) is 24.8. The van der Waals surface area contributed by atoms with Gasteiger partial charge in [0.1, 0.15) is 24.8 Å². The number of amides is 1. The van der Waals surface area contributed by atoms with Crippen LogP contribution in [0.3, 0.4) is 0 Å². The van der Waals surface area contributed by atoms with Crippen molar-refractivity contribution in [1.29, 1.82) is 0 Å². The fourth-order valence-electron chi connectivity index (χ4n) is 2.90. The summed E-state index contributed by atoms with van der Waals surface area (Å²) in [5.41, 5.74) is 3.91. The molecule has 1 N–H and O–H groups in total. The Balaban J connectivity index is 1.60. The molecular formula is C26H24ClFN2O4. The van der Waals surface area contributed by atoms with Crippen LogP contribution in [0, 0.1) is 5.82 Å². The molecule has 1 amide bonds. The monoisotopic (exact) mass is 482 g/mol. The molecule has 0 radical (unpaired) electrons. The highest BCUT2D eigenvalue weighted by Crippen LogP contribution is 2.29. The van der Waals surface area contributed by atoms with Crippen LogP contribution in [0.2, 0.25) is 5.02 Å². The smallest absolute Gasteiger partial charge is 0.271 e. The van der Waals surface area contributed by atoms with Gasteiger partial charge in [-0.1, -0.05) is 42.5 Å². The van der Waals surface area contributed by atoms with Crippen molar-refractivity contribution >= 4 is 23.7 Å². The van der Waals surface area contributed by atoms with Crippen LogP contribution in [-0.2, 0) is 6.61 Å². The lowest BCUT2D eigenvalue weighted by atomic mass is 10.2. The summed E-state index contributed by atoms with van der Waals surface area (Å²) in [7, 11) is 0. The zero-order chi connectivity index (χ0) is 24.3. The summed E-state index contributed by atoms with van der Waals surface area (Å²) in [4.78, 5) is 12.5. The number of benzene rings is 3. The largest absolute Gasteiger partial charge is 0.490 e. The molecule has 34 heavy (non-hydrogen) atoms. The van der Waals surface area contributed by atoms with Crippen LogP contribution in [0.4, 0.5) is 4.39 Å². The van der Waals surface area contributed by atoms with Crippen molar-refractivity contribution in [2.24, 2.45) is 5.10 Å². The predicted octanol–water partition coefficient (Wildman–Crippen LogP) is 5.79. The average Bonchev–Trinajstić information content (AvgIpc) is 2.83. The summed E-state index contributed by atoms with van der Waals surface area (Å²) < 4.78 is 30.4. The van der Waals surface area contributed by atoms with Crippen molar-refractivity contribution < 1.29 is 23.4 Å². The van der Waals surface area contributed by atoms with Crippen LogP contribution < -0.4 is 19.6 Å². The van der Waals surface area contributed by atoms with Crippen molar-refractivity contribution in [3.8, 4) is 17.2 Å². The highest BCUT2D eigenvalue weighted by atomic mass is 35.5. The number of nitrogens with zero attached hydrogens (tertiary/aromatic N) is 1. The number of hydrazone groups is 1. The van der Waals surface area contributed by atoms with E-state index in [1.165, 1.54) is 12.3 Å². The van der Waals surface area contributed by atoms with Gasteiger partial charge in [-0.2, -0.15) is 5.10 Å². The molecule has 6 nitrogen and oxygen atoms in total. The van der Waals surface area contributed by atoms with Crippen molar-refractivity contribution in [2.45, 2.75) is 13.5 Å². The van der Waals surface area contributed by atoms with Gasteiger partial charge in [-0.05, 0) is 55.0 Å². The number of nitrogens with one attached hydrogen (secondary N) is 1. The number of hydrogen-bond donors (Lipinski definition) is 1. The van der Waals surface area contributed by atoms with Crippen molar-refractivity contribution in [1.82, 2.24) is 5.43 Å². The Morgan fingerprint density at radius 1 is 1.06 bits per heavy atom. The number of carbonyl (C=O) groups is 1. The number of ether oxygens (including phenoxy) is 3. The first-order valence-electron chi connectivity index (χ1n) is 10.5. The van der Waals surface area contributed by atoms with E-state index in [1.54, 1.807) is 60.7 Å². The van der Waals surface area contributed by atoms with E-state index in [1.807, 2.05) is 6.92 Å². The molecule has 0 aliphatic heterocycles. The summed E-state index contributed by atoms with van der Waals surface area (Å²) in [6, 6.07) is 16.2. The van der Waals surface area contributed by atoms with Crippen LogP contribution in [0.5, 0.6) is 17.2 Å². The van der Waals surface area contributed by atoms with Crippen molar-refractivity contribution in [2.75, 3.05) is 13.2 Å². The molecule has 0 aliphatic rings. The SMILES string of the molecule is C=CCOc1ccc(C(=O)N/N=C/c2ccc(OCc3ccccc3F)c(Cl)c2)cc1OCC. The minimum atomic E-state index is -0.414. The fraction of sp³-hybridized carbons (Fsp3) is 0.154. The van der Waals surface area contributed by atoms with Crippen molar-refractivity contribution in [3.63, 3.8) is 0 Å². The van der Waals surface area contributed by atoms with Gasteiger partial charge >= 0.3 is 0 Å². The van der Waals surface area contributed by atoms with Gasteiger partial charge in [-0.25, -0.2) is 9.82 Å². The normalized spacial score (nSPS) is 10.7. The van der Waals surface area contributed by atoms with Gasteiger partial charge in [0.2, 0.25) is 0 Å². The second-order valence-corrected chi connectivity index (χ2v) is 7.37. The van der Waals surface area contributed by atoms with Crippen LogP contribution >= 0.6 is 11.6 Å². The van der Waals surface area contributed by atoms with Gasteiger partial charge in [0.15, 0.2) is 11.5 Å². The van der Waals surface area contributed by atoms with Gasteiger partial charge < -0.3 is 14.2 Å². The molecule has 0 aromatic heterocycles. The molecular weight excluding hydrogens is 459 g/mol. The molecule has 0 saturated carbocycles. The summed E-state index contributed by atoms with van der Waals surface area (Å²) in [6.07, 6.45) is 3.08. The van der Waals surface area contributed by atoms with E-state index in [9.17, 15) is 9.18 Å². The van der Waals surface area contributed by atoms with Gasteiger partial charge in [0.25, 0.3) is 5.91 Å². The second kappa shape index (κ2) is 12.4. The maximum atomic E-state index is 13.7. The molecule has 0 unspecified atom stereocenters. The average molecular weight is 483 g/mol. The Morgan fingerprint density at radius 2 is 1.85 bits per heavy atom. The molecule has 3 rings (SSSR count). The highest BCUT2D eigenvalue weighted by Gasteiger charge is 2.11. The molecule has 0 fully saturated rings. The Morgan fingerprint density at radius 3 is 2.59 bits per heavy atom. The van der Waals surface area contributed by atoms with Crippen LogP contribution in [0.1, 0.15) is 28.4 Å². The van der Waals surface area contributed by atoms with E-state index < -0.39 is 5.91 Å². The van der Waals surface area contributed by atoms with E-state index in [2.05, 4.69) is 17.1 Å². The third-order valence-electron chi connectivity index (χ3n) is 4.54. The Hall–Kier alpha value is -3.84. The van der Waals surface area contributed by atoms with E-state index >= 15 is 0 Å². The standard InChI is InChI=1S/C26H24ClFN2O4/c1-3-13-33-24-12-10-19(15-25(24)32-4-2)26(31)30-29-16-18-9-11-23(21(27)14-18)34-17-20-7-5-6-8-22(20)28/h3,5-12,14-16H,1,4,13,17H2,2H3,(H,30,31)/b29-16+. The molecule has 0 atom stereocenters. The maximum Gasteiger partial charge on any atom is 0.271 e. The Bertz CT molecular complexity index is 1180. The Labute approximate surface area is 202 Å². The fourth-order valence-corrected chi connectivity index (χ4v) is 3.14. The third-order valence-corrected chi connectivity index (χ3v) is 4.83. The van der Waals surface area contributed by atoms with E-state index in [4.69, 9.17) is 25.8 Å². The van der Waals surface area contributed by atoms with E-state index in [-0.39, 0.29) is 12.4 Å². The number of halogens is 2. The van der Waals surface area contributed by atoms with Gasteiger partial charge in [0, 0.05) is 11.1 Å². The summed E-state index contributed by atoms with van der Waals surface area (Å²) in [5, 5.41) is 4.32. The predicted molar refractivity (Wildman–Crippen MR) is 131 cm³/mol. The summed E-state index contributed by atoms with van der Waals surface area (Å²) in [5.74, 6) is 0.634. The molecule has 0 bridgehead atoms. The van der Waals surface area contributed by atoms with Crippen LogP contribution in [0.25, 0.3) is 0 Å². The topological polar surface area (TPSA) is 69.2 Å². The minimum absolute atomic E-state index is 0.0526. The molecule has 8 heteroatoms. The first-order valence-corrected chi connectivity index (χ1v) is 10.9. The second-order valence-electron chi connectivity index (χ2n) is 6.96. The molecule has 176 valence electrons. The lowest BCUT2D eigenvalue weighted by Gasteiger charge is -2.12. The quantitative estimate of drug-likeness (QED) is 0.213. The van der Waals surface area contributed by atoms with Crippen LogP contribution in [0.15, 0.2) is 78.4 Å². The summed E-state index contributed by atoms with van der Waals surface area (Å²) >= 11 is 6.27. The van der Waals surface area contributed by atoms with E-state index in [0.29, 0.717) is 52.2 Å². The van der Waals surface area contributed by atoms with E-state index in [0.717, 1.165) is 0 Å². The molecule has 3 aromatic rings. The Kier molecular flexibility index (Phi) is 9.05. The summed E-state index contributed by atoms with van der Waals surface area (Å²) in [6.45, 7) is 6.26. The number of rotatable bonds is 11. The van der Waals surface area contributed by atoms with Gasteiger partial charge in [-0.3, -0.25) is 4.79 Å². The number of hydrogen-bond acceptors (Lipinski definition) is 5. The molecule has 0 spiro atoms. The van der Waals surface area contributed by atoms with Gasteiger partial charge in [0.05, 0.1) is 17.8 Å². The zero-order valence-corrected chi connectivity index (χ0v) is 19.3. The lowest BCUT2D eigenvalue weighted by molar-refractivity contribution is 0.0954. The molecule has 0 saturated heterocycles. The van der Waals surface area contributed by atoms with Gasteiger partial charge in [-0.15, -0.1) is 0 Å².